The summed E-state index contributed by atoms with van der Waals surface area (Å²) in [5.74, 6) is -0.186. The van der Waals surface area contributed by atoms with E-state index in [-0.39, 0.29) is 18.1 Å². The normalized spacial score (nSPS) is 30.6. The van der Waals surface area contributed by atoms with Gasteiger partial charge in [-0.15, -0.1) is 0 Å². The molecule has 0 saturated carbocycles. The lowest BCUT2D eigenvalue weighted by atomic mass is 10.1. The summed E-state index contributed by atoms with van der Waals surface area (Å²) in [4.78, 5) is 14.1. The molecule has 0 aromatic rings. The molecule has 16 heavy (non-hydrogen) atoms. The highest BCUT2D eigenvalue weighted by molar-refractivity contribution is 5.87. The molecular formula is C13H19NO2. The zero-order valence-corrected chi connectivity index (χ0v) is 10.0. The number of fused-ring (bicyclic) bond motifs is 1. The molecule has 2 atom stereocenters. The van der Waals surface area contributed by atoms with E-state index in [1.165, 1.54) is 5.57 Å². The lowest BCUT2D eigenvalue weighted by Crippen LogP contribution is -2.33. The van der Waals surface area contributed by atoms with Crippen LogP contribution < -0.4 is 0 Å². The molecule has 0 spiro atoms. The minimum atomic E-state index is -0.186. The molecule has 88 valence electrons. The molecule has 2 aliphatic heterocycles. The summed E-state index contributed by atoms with van der Waals surface area (Å²) >= 11 is 0. The van der Waals surface area contributed by atoms with Gasteiger partial charge in [0, 0.05) is 18.7 Å². The monoisotopic (exact) mass is 221 g/mol. The van der Waals surface area contributed by atoms with Crippen molar-refractivity contribution in [2.75, 3.05) is 13.1 Å². The largest absolute Gasteiger partial charge is 0.457 e. The summed E-state index contributed by atoms with van der Waals surface area (Å²) in [5.41, 5.74) is 1.90. The lowest BCUT2D eigenvalue weighted by Gasteiger charge is -2.21. The van der Waals surface area contributed by atoms with Gasteiger partial charge in [0.25, 0.3) is 0 Å². The quantitative estimate of drug-likeness (QED) is 0.405. The van der Waals surface area contributed by atoms with Gasteiger partial charge in [0.2, 0.25) is 0 Å². The van der Waals surface area contributed by atoms with Crippen LogP contribution in [0, 0.1) is 0 Å². The van der Waals surface area contributed by atoms with Gasteiger partial charge >= 0.3 is 5.97 Å². The first kappa shape index (κ1) is 11.4. The summed E-state index contributed by atoms with van der Waals surface area (Å²) in [5, 5.41) is 0. The van der Waals surface area contributed by atoms with Crippen molar-refractivity contribution in [3.8, 4) is 0 Å². The minimum Gasteiger partial charge on any atom is -0.457 e. The number of allylic oxidation sites excluding steroid dienone is 1. The van der Waals surface area contributed by atoms with Gasteiger partial charge in [-0.25, -0.2) is 4.79 Å². The molecule has 0 radical (unpaired) electrons. The molecule has 0 bridgehead atoms. The van der Waals surface area contributed by atoms with Crippen LogP contribution in [-0.4, -0.2) is 36.1 Å². The van der Waals surface area contributed by atoms with Gasteiger partial charge in [-0.1, -0.05) is 18.2 Å². The Balaban J connectivity index is 2.01. The molecule has 3 nitrogen and oxygen atoms in total. The van der Waals surface area contributed by atoms with Crippen LogP contribution in [0.2, 0.25) is 0 Å². The SMILES string of the molecule is C=C1CCN2CC[C@@H](OC(=O)C(C)=CC)[C@@H]12. The summed E-state index contributed by atoms with van der Waals surface area (Å²) in [6, 6.07) is 0.272. The van der Waals surface area contributed by atoms with E-state index < -0.39 is 0 Å². The van der Waals surface area contributed by atoms with E-state index in [1.54, 1.807) is 13.0 Å². The average molecular weight is 221 g/mol. The molecule has 2 saturated heterocycles. The van der Waals surface area contributed by atoms with Gasteiger partial charge in [0.05, 0.1) is 6.04 Å². The Labute approximate surface area is 96.8 Å². The molecule has 0 amide bonds. The Hall–Kier alpha value is -1.09. The van der Waals surface area contributed by atoms with Crippen molar-refractivity contribution in [2.45, 2.75) is 38.8 Å². The first-order chi connectivity index (χ1) is 7.63. The number of nitrogens with zero attached hydrogens (tertiary/aromatic N) is 1. The standard InChI is InChI=1S/C13H19NO2/c1-4-9(2)13(15)16-11-6-8-14-7-5-10(3)12(11)14/h4,11-12H,3,5-8H2,1-2H3/t11-,12-/m1/s1. The maximum Gasteiger partial charge on any atom is 0.333 e. The predicted octanol–water partition coefficient (Wildman–Crippen LogP) is 1.90. The van der Waals surface area contributed by atoms with Crippen molar-refractivity contribution >= 4 is 5.97 Å². The molecule has 3 heteroatoms. The van der Waals surface area contributed by atoms with E-state index in [2.05, 4.69) is 11.5 Å². The Morgan fingerprint density at radius 1 is 1.56 bits per heavy atom. The fourth-order valence-electron chi connectivity index (χ4n) is 2.50. The van der Waals surface area contributed by atoms with Gasteiger partial charge in [0.1, 0.15) is 6.10 Å². The van der Waals surface area contributed by atoms with E-state index in [4.69, 9.17) is 4.74 Å². The number of rotatable bonds is 2. The van der Waals surface area contributed by atoms with Crippen molar-refractivity contribution in [1.82, 2.24) is 4.90 Å². The Bertz CT molecular complexity index is 346. The topological polar surface area (TPSA) is 29.5 Å². The maximum absolute atomic E-state index is 11.7. The number of hydrogen-bond acceptors (Lipinski definition) is 3. The Kier molecular flexibility index (Phi) is 3.15. The van der Waals surface area contributed by atoms with Crippen LogP contribution in [0.5, 0.6) is 0 Å². The molecule has 0 unspecified atom stereocenters. The summed E-state index contributed by atoms with van der Waals surface area (Å²) in [6.07, 6.45) is 3.78. The third-order valence-corrected chi connectivity index (χ3v) is 3.60. The van der Waals surface area contributed by atoms with Crippen LogP contribution in [0.1, 0.15) is 26.7 Å². The number of hydrogen-bond donors (Lipinski definition) is 0. The van der Waals surface area contributed by atoms with Gasteiger partial charge in [-0.2, -0.15) is 0 Å². The molecule has 0 aromatic carbocycles. The van der Waals surface area contributed by atoms with E-state index in [9.17, 15) is 4.79 Å². The number of carbonyl (C=O) groups excluding carboxylic acids is 1. The second-order valence-corrected chi connectivity index (χ2v) is 4.59. The minimum absolute atomic E-state index is 0.0115. The van der Waals surface area contributed by atoms with Crippen LogP contribution in [0.15, 0.2) is 23.8 Å². The molecule has 0 aliphatic carbocycles. The van der Waals surface area contributed by atoms with Crippen LogP contribution in [0.4, 0.5) is 0 Å². The third-order valence-electron chi connectivity index (χ3n) is 3.60. The first-order valence-corrected chi connectivity index (χ1v) is 5.89. The maximum atomic E-state index is 11.7. The molecule has 0 N–H and O–H groups in total. The highest BCUT2D eigenvalue weighted by atomic mass is 16.5. The number of carbonyl (C=O) groups is 1. The average Bonchev–Trinajstić information content (AvgIpc) is 2.82. The van der Waals surface area contributed by atoms with E-state index >= 15 is 0 Å². The number of ether oxygens (including phenoxy) is 1. The van der Waals surface area contributed by atoms with Crippen LogP contribution >= 0.6 is 0 Å². The van der Waals surface area contributed by atoms with Gasteiger partial charge in [0.15, 0.2) is 0 Å². The van der Waals surface area contributed by atoms with Gasteiger partial charge in [-0.3, -0.25) is 4.90 Å². The van der Waals surface area contributed by atoms with E-state index in [0.29, 0.717) is 5.57 Å². The highest BCUT2D eigenvalue weighted by Crippen LogP contribution is 2.33. The van der Waals surface area contributed by atoms with Crippen LogP contribution in [0.3, 0.4) is 0 Å². The third kappa shape index (κ3) is 1.92. The molecule has 2 heterocycles. The van der Waals surface area contributed by atoms with Crippen molar-refractivity contribution in [1.29, 1.82) is 0 Å². The summed E-state index contributed by atoms with van der Waals surface area (Å²) in [6.45, 7) is 9.81. The van der Waals surface area contributed by atoms with E-state index in [1.807, 2.05) is 6.92 Å². The van der Waals surface area contributed by atoms with Gasteiger partial charge in [-0.05, 0) is 26.7 Å². The molecule has 2 aliphatic rings. The van der Waals surface area contributed by atoms with Crippen molar-refractivity contribution < 1.29 is 9.53 Å². The molecule has 0 aromatic heterocycles. The molecule has 2 fully saturated rings. The fraction of sp³-hybridized carbons (Fsp3) is 0.615. The molecule has 2 rings (SSSR count). The van der Waals surface area contributed by atoms with Crippen molar-refractivity contribution in [3.63, 3.8) is 0 Å². The Morgan fingerprint density at radius 3 is 3.00 bits per heavy atom. The second kappa shape index (κ2) is 4.42. The van der Waals surface area contributed by atoms with Crippen molar-refractivity contribution in [2.24, 2.45) is 0 Å². The fourth-order valence-corrected chi connectivity index (χ4v) is 2.50. The zero-order valence-electron chi connectivity index (χ0n) is 10.0. The van der Waals surface area contributed by atoms with Gasteiger partial charge < -0.3 is 4.74 Å². The van der Waals surface area contributed by atoms with Crippen molar-refractivity contribution in [3.05, 3.63) is 23.8 Å². The lowest BCUT2D eigenvalue weighted by molar-refractivity contribution is -0.144. The predicted molar refractivity (Wildman–Crippen MR) is 63.0 cm³/mol. The summed E-state index contributed by atoms with van der Waals surface area (Å²) < 4.78 is 5.54. The number of esters is 1. The second-order valence-electron chi connectivity index (χ2n) is 4.59. The van der Waals surface area contributed by atoms with Crippen LogP contribution in [0.25, 0.3) is 0 Å². The summed E-state index contributed by atoms with van der Waals surface area (Å²) in [7, 11) is 0. The van der Waals surface area contributed by atoms with Crippen LogP contribution in [-0.2, 0) is 9.53 Å². The smallest absolute Gasteiger partial charge is 0.333 e. The Morgan fingerprint density at radius 2 is 2.31 bits per heavy atom. The highest BCUT2D eigenvalue weighted by Gasteiger charge is 2.41. The van der Waals surface area contributed by atoms with E-state index in [0.717, 1.165) is 25.9 Å². The zero-order chi connectivity index (χ0) is 11.7. The first-order valence-electron chi connectivity index (χ1n) is 5.89. The molecular weight excluding hydrogens is 202 g/mol.